The van der Waals surface area contributed by atoms with Crippen molar-refractivity contribution in [3.63, 3.8) is 0 Å². The summed E-state index contributed by atoms with van der Waals surface area (Å²) < 4.78 is 7.66. The van der Waals surface area contributed by atoms with E-state index in [0.717, 1.165) is 30.8 Å². The van der Waals surface area contributed by atoms with Gasteiger partial charge in [-0.15, -0.1) is 5.10 Å². The van der Waals surface area contributed by atoms with E-state index in [4.69, 9.17) is 4.74 Å². The third kappa shape index (κ3) is 3.61. The molecule has 2 aromatic rings. The molecule has 5 nitrogen and oxygen atoms in total. The van der Waals surface area contributed by atoms with Crippen molar-refractivity contribution in [2.24, 2.45) is 5.92 Å². The lowest BCUT2D eigenvalue weighted by molar-refractivity contribution is -0.139. The minimum atomic E-state index is -0.520. The van der Waals surface area contributed by atoms with E-state index in [1.165, 1.54) is 6.42 Å². The van der Waals surface area contributed by atoms with E-state index < -0.39 is 6.10 Å². The molecule has 2 atom stereocenters. The van der Waals surface area contributed by atoms with Gasteiger partial charge in [0.2, 0.25) is 5.88 Å². The van der Waals surface area contributed by atoms with Crippen molar-refractivity contribution in [2.45, 2.75) is 39.7 Å². The van der Waals surface area contributed by atoms with Crippen LogP contribution in [0.3, 0.4) is 0 Å². The fourth-order valence-electron chi connectivity index (χ4n) is 3.14. The highest BCUT2D eigenvalue weighted by molar-refractivity contribution is 5.81. The van der Waals surface area contributed by atoms with Gasteiger partial charge in [0.05, 0.1) is 5.69 Å². The molecule has 0 saturated carbocycles. The van der Waals surface area contributed by atoms with Gasteiger partial charge in [-0.25, -0.2) is 4.68 Å². The zero-order valence-corrected chi connectivity index (χ0v) is 14.6. The van der Waals surface area contributed by atoms with Crippen LogP contribution in [0.25, 0.3) is 5.69 Å². The second-order valence-electron chi connectivity index (χ2n) is 6.69. The highest BCUT2D eigenvalue weighted by atomic mass is 16.5. The van der Waals surface area contributed by atoms with Crippen LogP contribution in [-0.4, -0.2) is 39.8 Å². The smallest absolute Gasteiger partial charge is 0.263 e. The molecule has 0 N–H and O–H groups in total. The van der Waals surface area contributed by atoms with Gasteiger partial charge in [-0.1, -0.05) is 25.1 Å². The molecule has 24 heavy (non-hydrogen) atoms. The number of carbonyl (C=O) groups excluding carboxylic acids is 1. The summed E-state index contributed by atoms with van der Waals surface area (Å²) in [6.45, 7) is 7.60. The number of carbonyl (C=O) groups is 1. The predicted octanol–water partition coefficient (Wildman–Crippen LogP) is 3.21. The normalized spacial score (nSPS) is 19.1. The lowest BCUT2D eigenvalue weighted by Crippen LogP contribution is -2.45. The Labute approximate surface area is 143 Å². The third-order valence-corrected chi connectivity index (χ3v) is 4.48. The SMILES string of the molecule is Cc1cn(-c2ccccc2)nc1O[C@H](C)C(=O)N1CCC[C@@H](C)C1. The van der Waals surface area contributed by atoms with Crippen molar-refractivity contribution in [1.82, 2.24) is 14.7 Å². The summed E-state index contributed by atoms with van der Waals surface area (Å²) in [7, 11) is 0. The molecule has 2 heterocycles. The van der Waals surface area contributed by atoms with E-state index in [1.807, 2.05) is 55.3 Å². The number of hydrogen-bond donors (Lipinski definition) is 0. The summed E-state index contributed by atoms with van der Waals surface area (Å²) >= 11 is 0. The molecular formula is C19H25N3O2. The van der Waals surface area contributed by atoms with Gasteiger partial charge >= 0.3 is 0 Å². The Morgan fingerprint density at radius 2 is 2.08 bits per heavy atom. The van der Waals surface area contributed by atoms with Gasteiger partial charge in [0.25, 0.3) is 5.91 Å². The number of amides is 1. The molecule has 0 radical (unpaired) electrons. The predicted molar refractivity (Wildman–Crippen MR) is 93.4 cm³/mol. The molecule has 1 amide bonds. The Morgan fingerprint density at radius 3 is 2.79 bits per heavy atom. The Morgan fingerprint density at radius 1 is 1.33 bits per heavy atom. The van der Waals surface area contributed by atoms with Crippen LogP contribution < -0.4 is 4.74 Å². The van der Waals surface area contributed by atoms with Crippen LogP contribution in [0.1, 0.15) is 32.3 Å². The molecular weight excluding hydrogens is 302 g/mol. The van der Waals surface area contributed by atoms with Crippen molar-refractivity contribution in [2.75, 3.05) is 13.1 Å². The maximum Gasteiger partial charge on any atom is 0.263 e. The van der Waals surface area contributed by atoms with Gasteiger partial charge in [-0.05, 0) is 44.7 Å². The van der Waals surface area contributed by atoms with Crippen LogP contribution in [0.5, 0.6) is 5.88 Å². The Bertz CT molecular complexity index is 696. The largest absolute Gasteiger partial charge is 0.463 e. The molecule has 128 valence electrons. The molecule has 5 heteroatoms. The highest BCUT2D eigenvalue weighted by Crippen LogP contribution is 2.21. The molecule has 1 aromatic carbocycles. The standard InChI is InChI=1S/C19H25N3O2/c1-14-8-7-11-21(12-14)19(23)16(3)24-18-15(2)13-22(20-18)17-9-5-4-6-10-17/h4-6,9-10,13-14,16H,7-8,11-12H2,1-3H3/t14-,16-/m1/s1. The summed E-state index contributed by atoms with van der Waals surface area (Å²) in [5.41, 5.74) is 1.89. The molecule has 0 spiro atoms. The van der Waals surface area contributed by atoms with Gasteiger partial charge in [-0.3, -0.25) is 4.79 Å². The number of benzene rings is 1. The van der Waals surface area contributed by atoms with E-state index in [2.05, 4.69) is 12.0 Å². The highest BCUT2D eigenvalue weighted by Gasteiger charge is 2.27. The monoisotopic (exact) mass is 327 g/mol. The Kier molecular flexibility index (Phi) is 4.88. The van der Waals surface area contributed by atoms with Crippen molar-refractivity contribution in [3.05, 3.63) is 42.1 Å². The van der Waals surface area contributed by atoms with E-state index >= 15 is 0 Å². The first-order valence-electron chi connectivity index (χ1n) is 8.61. The van der Waals surface area contributed by atoms with Crippen molar-refractivity contribution >= 4 is 5.91 Å². The van der Waals surface area contributed by atoms with Crippen LogP contribution in [0, 0.1) is 12.8 Å². The van der Waals surface area contributed by atoms with E-state index in [1.54, 1.807) is 4.68 Å². The summed E-state index contributed by atoms with van der Waals surface area (Å²) in [6.07, 6.45) is 3.67. The maximum atomic E-state index is 12.6. The van der Waals surface area contributed by atoms with Crippen LogP contribution in [0.15, 0.2) is 36.5 Å². The number of aromatic nitrogens is 2. The zero-order valence-electron chi connectivity index (χ0n) is 14.6. The molecule has 1 aliphatic heterocycles. The molecule has 3 rings (SSSR count). The van der Waals surface area contributed by atoms with Crippen LogP contribution in [0.4, 0.5) is 0 Å². The number of piperidine rings is 1. The van der Waals surface area contributed by atoms with Crippen molar-refractivity contribution < 1.29 is 9.53 Å². The topological polar surface area (TPSA) is 47.4 Å². The number of ether oxygens (including phenoxy) is 1. The lowest BCUT2D eigenvalue weighted by Gasteiger charge is -2.32. The maximum absolute atomic E-state index is 12.6. The minimum absolute atomic E-state index is 0.0511. The first-order chi connectivity index (χ1) is 11.5. The quantitative estimate of drug-likeness (QED) is 0.866. The fraction of sp³-hybridized carbons (Fsp3) is 0.474. The summed E-state index contributed by atoms with van der Waals surface area (Å²) in [4.78, 5) is 14.5. The molecule has 1 fully saturated rings. The molecule has 0 bridgehead atoms. The first-order valence-corrected chi connectivity index (χ1v) is 8.61. The van der Waals surface area contributed by atoms with Gasteiger partial charge in [0.15, 0.2) is 6.10 Å². The molecule has 0 unspecified atom stereocenters. The van der Waals surface area contributed by atoms with Gasteiger partial charge in [0.1, 0.15) is 0 Å². The number of likely N-dealkylation sites (tertiary alicyclic amines) is 1. The number of aryl methyl sites for hydroxylation is 1. The zero-order chi connectivity index (χ0) is 17.1. The third-order valence-electron chi connectivity index (χ3n) is 4.48. The second-order valence-corrected chi connectivity index (χ2v) is 6.69. The lowest BCUT2D eigenvalue weighted by atomic mass is 10.00. The second kappa shape index (κ2) is 7.07. The molecule has 1 aromatic heterocycles. The van der Waals surface area contributed by atoms with Crippen LogP contribution in [0.2, 0.25) is 0 Å². The van der Waals surface area contributed by atoms with Crippen LogP contribution >= 0.6 is 0 Å². The molecule has 1 saturated heterocycles. The molecule has 1 aliphatic rings. The van der Waals surface area contributed by atoms with Crippen LogP contribution in [-0.2, 0) is 4.79 Å². The number of nitrogens with zero attached hydrogens (tertiary/aromatic N) is 3. The molecule has 0 aliphatic carbocycles. The minimum Gasteiger partial charge on any atom is -0.463 e. The fourth-order valence-corrected chi connectivity index (χ4v) is 3.14. The van der Waals surface area contributed by atoms with E-state index in [9.17, 15) is 4.79 Å². The Balaban J connectivity index is 1.69. The summed E-state index contributed by atoms with van der Waals surface area (Å²) in [5, 5.41) is 4.49. The average Bonchev–Trinajstić information content (AvgIpc) is 2.95. The number of para-hydroxylation sites is 1. The summed E-state index contributed by atoms with van der Waals surface area (Å²) in [6, 6.07) is 9.88. The summed E-state index contributed by atoms with van der Waals surface area (Å²) in [5.74, 6) is 1.13. The van der Waals surface area contributed by atoms with Gasteiger partial charge in [-0.2, -0.15) is 0 Å². The van der Waals surface area contributed by atoms with E-state index in [-0.39, 0.29) is 5.91 Å². The first kappa shape index (κ1) is 16.6. The van der Waals surface area contributed by atoms with Crippen molar-refractivity contribution in [1.29, 1.82) is 0 Å². The Hall–Kier alpha value is -2.30. The van der Waals surface area contributed by atoms with Gasteiger partial charge < -0.3 is 9.64 Å². The average molecular weight is 327 g/mol. The van der Waals surface area contributed by atoms with Crippen molar-refractivity contribution in [3.8, 4) is 11.6 Å². The number of hydrogen-bond acceptors (Lipinski definition) is 3. The van der Waals surface area contributed by atoms with Gasteiger partial charge in [0, 0.05) is 24.8 Å². The van der Waals surface area contributed by atoms with E-state index in [0.29, 0.717) is 11.8 Å². The number of rotatable bonds is 4.